The van der Waals surface area contributed by atoms with E-state index >= 15 is 0 Å². The normalized spacial score (nSPS) is 19.1. The zero-order chi connectivity index (χ0) is 25.5. The highest BCUT2D eigenvalue weighted by Crippen LogP contribution is 2.33. The number of anilines is 2. The van der Waals surface area contributed by atoms with Gasteiger partial charge in [-0.15, -0.1) is 4.90 Å². The second-order valence-corrected chi connectivity index (χ2v) is 9.46. The van der Waals surface area contributed by atoms with E-state index in [0.29, 0.717) is 48.9 Å². The van der Waals surface area contributed by atoms with Crippen LogP contribution >= 0.6 is 0 Å². The average Bonchev–Trinajstić information content (AvgIpc) is 3.33. The molecule has 1 atom stereocenters. The van der Waals surface area contributed by atoms with E-state index in [9.17, 15) is 14.4 Å². The molecule has 1 fully saturated rings. The monoisotopic (exact) mass is 495 g/mol. The molecular weight excluding hydrogens is 468 g/mol. The molecule has 37 heavy (non-hydrogen) atoms. The molecule has 8 heteroatoms. The molecule has 3 aliphatic heterocycles. The summed E-state index contributed by atoms with van der Waals surface area (Å²) in [7, 11) is 0. The van der Waals surface area contributed by atoms with Crippen molar-refractivity contribution in [2.75, 3.05) is 42.5 Å². The van der Waals surface area contributed by atoms with Crippen LogP contribution in [0.15, 0.2) is 78.9 Å². The van der Waals surface area contributed by atoms with Crippen molar-refractivity contribution in [3.05, 3.63) is 90.0 Å². The van der Waals surface area contributed by atoms with Crippen LogP contribution in [-0.4, -0.2) is 71.9 Å². The number of hydrogen-bond acceptors (Lipinski definition) is 5. The molecule has 3 aromatic rings. The molecule has 3 aliphatic rings. The van der Waals surface area contributed by atoms with E-state index in [-0.39, 0.29) is 12.5 Å². The quantitative estimate of drug-likeness (QED) is 0.521. The number of benzene rings is 3. The van der Waals surface area contributed by atoms with Crippen LogP contribution in [0.3, 0.4) is 0 Å². The van der Waals surface area contributed by atoms with Crippen molar-refractivity contribution in [2.45, 2.75) is 13.0 Å². The van der Waals surface area contributed by atoms with Crippen LogP contribution in [0.4, 0.5) is 16.2 Å². The third-order valence-electron chi connectivity index (χ3n) is 7.15. The number of para-hydroxylation sites is 2. The van der Waals surface area contributed by atoms with Gasteiger partial charge in [0.2, 0.25) is 0 Å². The Balaban J connectivity index is 1.30. The largest absolute Gasteiger partial charge is 0.506 e. The Bertz CT molecular complexity index is 1410. The Morgan fingerprint density at radius 2 is 1.54 bits per heavy atom. The molecule has 0 saturated carbocycles. The van der Waals surface area contributed by atoms with Gasteiger partial charge >= 0.3 is 11.9 Å². The van der Waals surface area contributed by atoms with Gasteiger partial charge in [0, 0.05) is 31.9 Å². The third kappa shape index (κ3) is 4.04. The molecule has 186 valence electrons. The number of amides is 4. The van der Waals surface area contributed by atoms with Crippen molar-refractivity contribution >= 4 is 34.9 Å². The van der Waals surface area contributed by atoms with Crippen LogP contribution < -0.4 is 14.5 Å². The van der Waals surface area contributed by atoms with Gasteiger partial charge in [0.05, 0.1) is 5.56 Å². The number of aryl methyl sites for hydroxylation is 1. The van der Waals surface area contributed by atoms with Crippen LogP contribution in [0, 0.1) is 6.92 Å². The zero-order valence-electron chi connectivity index (χ0n) is 20.5. The molecule has 0 aromatic heterocycles. The maximum absolute atomic E-state index is 13.8. The number of urea groups is 1. The summed E-state index contributed by atoms with van der Waals surface area (Å²) >= 11 is 0. The molecule has 1 unspecified atom stereocenters. The Kier molecular flexibility index (Phi) is 5.71. The fourth-order valence-corrected chi connectivity index (χ4v) is 5.17. The lowest BCUT2D eigenvalue weighted by atomic mass is 10.0. The summed E-state index contributed by atoms with van der Waals surface area (Å²) in [4.78, 5) is 46.0. The molecule has 1 saturated heterocycles. The summed E-state index contributed by atoms with van der Waals surface area (Å²) in [5.74, 6) is -0.0848. The molecule has 4 amide bonds. The van der Waals surface area contributed by atoms with Crippen LogP contribution in [-0.2, 0) is 9.59 Å². The summed E-state index contributed by atoms with van der Waals surface area (Å²) in [5, 5.41) is 0. The third-order valence-corrected chi connectivity index (χ3v) is 7.15. The molecule has 6 rings (SSSR count). The SMILES string of the molecule is Cc1ccc(N2C(=O)C3Oc4ccccc4C3=[N+](CC(=O)N3CCN(c4ccccc4)CC3)C2=O)cc1. The minimum absolute atomic E-state index is 0.158. The molecular formula is C29H27N4O4+. The van der Waals surface area contributed by atoms with Crippen molar-refractivity contribution < 1.29 is 23.7 Å². The van der Waals surface area contributed by atoms with Gasteiger partial charge < -0.3 is 14.5 Å². The van der Waals surface area contributed by atoms with E-state index < -0.39 is 18.0 Å². The van der Waals surface area contributed by atoms with Crippen LogP contribution in [0.5, 0.6) is 5.75 Å². The maximum atomic E-state index is 13.8. The van der Waals surface area contributed by atoms with Crippen molar-refractivity contribution in [3.63, 3.8) is 0 Å². The number of hydrogen-bond donors (Lipinski definition) is 0. The molecule has 0 aliphatic carbocycles. The Labute approximate surface area is 215 Å². The predicted octanol–water partition coefficient (Wildman–Crippen LogP) is 3.07. The molecule has 3 aromatic carbocycles. The van der Waals surface area contributed by atoms with Gasteiger partial charge in [0.15, 0.2) is 12.3 Å². The number of imide groups is 1. The van der Waals surface area contributed by atoms with Gasteiger partial charge in [-0.3, -0.25) is 4.79 Å². The molecule has 3 heterocycles. The first-order valence-corrected chi connectivity index (χ1v) is 12.4. The number of nitrogens with zero attached hydrogens (tertiary/aromatic N) is 4. The van der Waals surface area contributed by atoms with Crippen molar-refractivity contribution in [3.8, 4) is 5.75 Å². The van der Waals surface area contributed by atoms with Crippen LogP contribution in [0.2, 0.25) is 0 Å². The van der Waals surface area contributed by atoms with Crippen molar-refractivity contribution in [1.29, 1.82) is 0 Å². The smallest absolute Gasteiger partial charge is 0.469 e. The molecule has 0 spiro atoms. The standard InChI is InChI=1S/C29H27N4O4/c1-20-11-13-22(14-12-20)33-28(35)27-26(23-9-5-6-10-24(23)37-27)32(29(33)36)19-25(34)31-17-15-30(16-18-31)21-7-3-2-4-8-21/h2-14,27H,15-19H2,1H3/q+1. The zero-order valence-corrected chi connectivity index (χ0v) is 20.5. The number of rotatable bonds is 4. The summed E-state index contributed by atoms with van der Waals surface area (Å²) in [5.41, 5.74) is 3.70. The van der Waals surface area contributed by atoms with E-state index in [1.54, 1.807) is 23.1 Å². The molecule has 8 nitrogen and oxygen atoms in total. The molecule has 0 bridgehead atoms. The minimum Gasteiger partial charge on any atom is -0.469 e. The number of carbonyl (C=O) groups excluding carboxylic acids is 3. The average molecular weight is 496 g/mol. The van der Waals surface area contributed by atoms with E-state index in [1.165, 1.54) is 4.58 Å². The number of carbonyl (C=O) groups is 3. The second-order valence-electron chi connectivity index (χ2n) is 9.46. The Morgan fingerprint density at radius 3 is 2.27 bits per heavy atom. The van der Waals surface area contributed by atoms with Crippen molar-refractivity contribution in [1.82, 2.24) is 4.90 Å². The fraction of sp³-hybridized carbons (Fsp3) is 0.241. The first-order chi connectivity index (χ1) is 18.0. The Morgan fingerprint density at radius 1 is 0.865 bits per heavy atom. The van der Waals surface area contributed by atoms with Crippen LogP contribution in [0.1, 0.15) is 11.1 Å². The lowest BCUT2D eigenvalue weighted by molar-refractivity contribution is -0.418. The summed E-state index contributed by atoms with van der Waals surface area (Å²) in [6.07, 6.45) is -0.987. The summed E-state index contributed by atoms with van der Waals surface area (Å²) < 4.78 is 7.43. The second kappa shape index (κ2) is 9.20. The lowest BCUT2D eigenvalue weighted by Crippen LogP contribution is -2.60. The number of piperazine rings is 1. The molecule has 0 N–H and O–H groups in total. The van der Waals surface area contributed by atoms with E-state index in [2.05, 4.69) is 17.0 Å². The first kappa shape index (κ1) is 23.0. The minimum atomic E-state index is -0.987. The highest BCUT2D eigenvalue weighted by molar-refractivity contribution is 6.29. The van der Waals surface area contributed by atoms with Gasteiger partial charge in [0.1, 0.15) is 11.4 Å². The van der Waals surface area contributed by atoms with E-state index in [1.807, 2.05) is 55.5 Å². The fourth-order valence-electron chi connectivity index (χ4n) is 5.17. The summed E-state index contributed by atoms with van der Waals surface area (Å²) in [6, 6.07) is 24.0. The van der Waals surface area contributed by atoms with Gasteiger partial charge in [-0.2, -0.15) is 9.37 Å². The molecule has 0 radical (unpaired) electrons. The topological polar surface area (TPSA) is 73.2 Å². The van der Waals surface area contributed by atoms with Gasteiger partial charge in [-0.1, -0.05) is 48.0 Å². The lowest BCUT2D eigenvalue weighted by Gasteiger charge is -2.36. The van der Waals surface area contributed by atoms with E-state index in [4.69, 9.17) is 4.74 Å². The number of ether oxygens (including phenoxy) is 1. The van der Waals surface area contributed by atoms with Crippen LogP contribution in [0.25, 0.3) is 0 Å². The predicted molar refractivity (Wildman–Crippen MR) is 139 cm³/mol. The Hall–Kier alpha value is -4.46. The summed E-state index contributed by atoms with van der Waals surface area (Å²) in [6.45, 7) is 4.31. The van der Waals surface area contributed by atoms with Gasteiger partial charge in [-0.05, 0) is 43.3 Å². The van der Waals surface area contributed by atoms with Crippen molar-refractivity contribution in [2.24, 2.45) is 0 Å². The maximum Gasteiger partial charge on any atom is 0.506 e. The number of fused-ring (bicyclic) bond motifs is 3. The highest BCUT2D eigenvalue weighted by Gasteiger charge is 2.55. The van der Waals surface area contributed by atoms with Gasteiger partial charge in [-0.25, -0.2) is 4.79 Å². The van der Waals surface area contributed by atoms with E-state index in [0.717, 1.165) is 16.2 Å². The highest BCUT2D eigenvalue weighted by atomic mass is 16.5. The van der Waals surface area contributed by atoms with Gasteiger partial charge in [0.25, 0.3) is 12.0 Å². The first-order valence-electron chi connectivity index (χ1n) is 12.4.